The Labute approximate surface area is 46.1 Å². The van der Waals surface area contributed by atoms with E-state index in [0.29, 0.717) is 0 Å². The molecule has 7 heavy (non-hydrogen) atoms. The SMILES string of the molecule is [O]C(=O)C#CCCl. The van der Waals surface area contributed by atoms with Gasteiger partial charge in [0.1, 0.15) is 0 Å². The Morgan fingerprint density at radius 3 is 2.43 bits per heavy atom. The van der Waals surface area contributed by atoms with Gasteiger partial charge in [0.2, 0.25) is 0 Å². The molecule has 0 heterocycles. The van der Waals surface area contributed by atoms with E-state index in [1.165, 1.54) is 0 Å². The van der Waals surface area contributed by atoms with Crippen LogP contribution < -0.4 is 0 Å². The average molecular weight is 118 g/mol. The lowest BCUT2D eigenvalue weighted by atomic mass is 10.6. The first-order valence-electron chi connectivity index (χ1n) is 1.53. The number of halogens is 1. The summed E-state index contributed by atoms with van der Waals surface area (Å²) in [6, 6.07) is 0. The minimum atomic E-state index is -1.39. The van der Waals surface area contributed by atoms with E-state index < -0.39 is 5.97 Å². The van der Waals surface area contributed by atoms with Gasteiger partial charge in [-0.3, -0.25) is 0 Å². The van der Waals surface area contributed by atoms with Gasteiger partial charge in [0.15, 0.2) is 0 Å². The Kier molecular flexibility index (Phi) is 3.17. The summed E-state index contributed by atoms with van der Waals surface area (Å²) in [5.74, 6) is 2.47. The number of alkyl halides is 1. The highest BCUT2D eigenvalue weighted by Crippen LogP contribution is 1.66. The van der Waals surface area contributed by atoms with E-state index >= 15 is 0 Å². The molecule has 0 saturated heterocycles. The highest BCUT2D eigenvalue weighted by atomic mass is 35.5. The van der Waals surface area contributed by atoms with Crippen LogP contribution in [0.4, 0.5) is 0 Å². The number of carbonyl (C=O) groups is 1. The normalized spacial score (nSPS) is 6.43. The summed E-state index contributed by atoms with van der Waals surface area (Å²) in [5.41, 5.74) is 0. The van der Waals surface area contributed by atoms with E-state index in [9.17, 15) is 9.90 Å². The van der Waals surface area contributed by atoms with Gasteiger partial charge >= 0.3 is 5.97 Å². The first-order valence-corrected chi connectivity index (χ1v) is 2.06. The Bertz CT molecular complexity index is 119. The molecule has 0 fully saturated rings. The third-order valence-electron chi connectivity index (χ3n) is 0.257. The lowest BCUT2D eigenvalue weighted by molar-refractivity contribution is -0.136. The second-order valence-electron chi connectivity index (χ2n) is 0.723. The first-order chi connectivity index (χ1) is 3.27. The van der Waals surface area contributed by atoms with Crippen molar-refractivity contribution in [1.29, 1.82) is 0 Å². The summed E-state index contributed by atoms with van der Waals surface area (Å²) in [4.78, 5) is 9.41. The van der Waals surface area contributed by atoms with Gasteiger partial charge in [-0.25, -0.2) is 9.90 Å². The average Bonchev–Trinajstić information content (AvgIpc) is 1.61. The van der Waals surface area contributed by atoms with Gasteiger partial charge in [0.25, 0.3) is 0 Å². The lowest BCUT2D eigenvalue weighted by Gasteiger charge is -1.61. The van der Waals surface area contributed by atoms with E-state index in [1.54, 1.807) is 5.92 Å². The van der Waals surface area contributed by atoms with Crippen LogP contribution in [0.25, 0.3) is 0 Å². The summed E-state index contributed by atoms with van der Waals surface area (Å²) in [6.45, 7) is 0. The molecule has 0 atom stereocenters. The molecule has 0 N–H and O–H groups in total. The maximum Gasteiger partial charge on any atom is 0.429 e. The van der Waals surface area contributed by atoms with Crippen LogP contribution in [0.2, 0.25) is 0 Å². The van der Waals surface area contributed by atoms with E-state index in [2.05, 4.69) is 5.92 Å². The van der Waals surface area contributed by atoms with Crippen molar-refractivity contribution >= 4 is 17.6 Å². The summed E-state index contributed by atoms with van der Waals surface area (Å²) in [5, 5.41) is 9.41. The zero-order valence-corrected chi connectivity index (χ0v) is 4.16. The predicted octanol–water partition coefficient (Wildman–Crippen LogP) is 0.186. The lowest BCUT2D eigenvalue weighted by Crippen LogP contribution is -1.83. The molecule has 0 aliphatic carbocycles. The fraction of sp³-hybridized carbons (Fsp3) is 0.250. The topological polar surface area (TPSA) is 37.0 Å². The van der Waals surface area contributed by atoms with Crippen LogP contribution in [0, 0.1) is 11.8 Å². The van der Waals surface area contributed by atoms with Crippen molar-refractivity contribution in [3.63, 3.8) is 0 Å². The van der Waals surface area contributed by atoms with Crippen molar-refractivity contribution in [3.8, 4) is 11.8 Å². The number of hydrogen-bond acceptors (Lipinski definition) is 1. The van der Waals surface area contributed by atoms with Crippen molar-refractivity contribution in [2.75, 3.05) is 5.88 Å². The van der Waals surface area contributed by atoms with Crippen molar-refractivity contribution in [2.24, 2.45) is 0 Å². The number of carbonyl (C=O) groups excluding carboxylic acids is 1. The molecule has 0 amide bonds. The van der Waals surface area contributed by atoms with Crippen LogP contribution in [0.1, 0.15) is 0 Å². The molecule has 0 aliphatic heterocycles. The summed E-state index contributed by atoms with van der Waals surface area (Å²) < 4.78 is 0. The monoisotopic (exact) mass is 117 g/mol. The second kappa shape index (κ2) is 3.51. The third kappa shape index (κ3) is 5.32. The maximum atomic E-state index is 9.41. The number of hydrogen-bond donors (Lipinski definition) is 0. The minimum absolute atomic E-state index is 0.0357. The van der Waals surface area contributed by atoms with E-state index in [-0.39, 0.29) is 5.88 Å². The Morgan fingerprint density at radius 1 is 1.71 bits per heavy atom. The van der Waals surface area contributed by atoms with Crippen LogP contribution in [-0.4, -0.2) is 11.8 Å². The van der Waals surface area contributed by atoms with Crippen LogP contribution in [0.3, 0.4) is 0 Å². The number of rotatable bonds is 0. The Morgan fingerprint density at radius 2 is 2.29 bits per heavy atom. The second-order valence-corrected chi connectivity index (χ2v) is 0.990. The van der Waals surface area contributed by atoms with Gasteiger partial charge in [0, 0.05) is 5.92 Å². The van der Waals surface area contributed by atoms with Crippen molar-refractivity contribution in [2.45, 2.75) is 0 Å². The molecule has 0 unspecified atom stereocenters. The van der Waals surface area contributed by atoms with Crippen molar-refractivity contribution in [3.05, 3.63) is 0 Å². The summed E-state index contributed by atoms with van der Waals surface area (Å²) >= 11 is 4.98. The van der Waals surface area contributed by atoms with Gasteiger partial charge in [0.05, 0.1) is 5.88 Å². The Balaban J connectivity index is 3.45. The largest absolute Gasteiger partial charge is 0.429 e. The van der Waals surface area contributed by atoms with Crippen LogP contribution in [0.5, 0.6) is 0 Å². The minimum Gasteiger partial charge on any atom is -0.231 e. The molecule has 0 aliphatic rings. The van der Waals surface area contributed by atoms with Gasteiger partial charge in [-0.05, 0) is 0 Å². The molecule has 0 aromatic rings. The highest BCUT2D eigenvalue weighted by molar-refractivity contribution is 6.19. The molecular formula is C4H2ClO2. The molecule has 2 nitrogen and oxygen atoms in total. The smallest absolute Gasteiger partial charge is 0.231 e. The van der Waals surface area contributed by atoms with E-state index in [0.717, 1.165) is 0 Å². The van der Waals surface area contributed by atoms with Crippen molar-refractivity contribution in [1.82, 2.24) is 0 Å². The highest BCUT2D eigenvalue weighted by Gasteiger charge is 1.83. The fourth-order valence-corrected chi connectivity index (χ4v) is 0.172. The molecular weight excluding hydrogens is 115 g/mol. The third-order valence-corrected chi connectivity index (χ3v) is 0.391. The van der Waals surface area contributed by atoms with Crippen molar-refractivity contribution < 1.29 is 9.90 Å². The fourth-order valence-electron chi connectivity index (χ4n) is 0.106. The zero-order valence-electron chi connectivity index (χ0n) is 3.40. The van der Waals surface area contributed by atoms with Gasteiger partial charge in [-0.2, -0.15) is 0 Å². The molecule has 0 aromatic carbocycles. The maximum absolute atomic E-state index is 9.41. The molecule has 3 heteroatoms. The summed E-state index contributed by atoms with van der Waals surface area (Å²) in [6.07, 6.45) is 0. The molecule has 37 valence electrons. The molecule has 0 spiro atoms. The molecule has 0 saturated carbocycles. The van der Waals surface area contributed by atoms with Gasteiger partial charge < -0.3 is 0 Å². The van der Waals surface area contributed by atoms with Gasteiger partial charge in [-0.15, -0.1) is 11.6 Å². The summed E-state index contributed by atoms with van der Waals surface area (Å²) in [7, 11) is 0. The van der Waals surface area contributed by atoms with E-state index in [4.69, 9.17) is 11.6 Å². The zero-order chi connectivity index (χ0) is 5.70. The molecule has 0 rings (SSSR count). The van der Waals surface area contributed by atoms with Gasteiger partial charge in [-0.1, -0.05) is 5.92 Å². The first kappa shape index (κ1) is 6.32. The van der Waals surface area contributed by atoms with E-state index in [1.807, 2.05) is 0 Å². The molecule has 0 aromatic heterocycles. The molecule has 0 bridgehead atoms. The Hall–Kier alpha value is -0.680. The standard InChI is InChI=1S/C4H2ClO2/c5-3-1-2-4(6)7/h3H2. The van der Waals surface area contributed by atoms with Crippen LogP contribution >= 0.6 is 11.6 Å². The predicted molar refractivity (Wildman–Crippen MR) is 24.2 cm³/mol. The quantitative estimate of drug-likeness (QED) is 0.330. The molecule has 1 radical (unpaired) electrons. The van der Waals surface area contributed by atoms with Crippen LogP contribution in [0.15, 0.2) is 0 Å². The van der Waals surface area contributed by atoms with Crippen LogP contribution in [-0.2, 0) is 9.90 Å².